The molecule has 0 spiro atoms. The molecule has 4 heterocycles. The molecular weight excluding hydrogens is 390 g/mol. The summed E-state index contributed by atoms with van der Waals surface area (Å²) < 4.78 is 3.08. The molecule has 0 saturated carbocycles. The first-order valence-electron chi connectivity index (χ1n) is 9.91. The Morgan fingerprint density at radius 1 is 0.933 bits per heavy atom. The van der Waals surface area contributed by atoms with Crippen molar-refractivity contribution < 1.29 is 0 Å². The molecule has 5 nitrogen and oxygen atoms in total. The molecule has 0 fully saturated rings. The molecule has 0 N–H and O–H groups in total. The molecule has 6 heteroatoms. The number of benzene rings is 2. The van der Waals surface area contributed by atoms with Crippen molar-refractivity contribution in [1.29, 1.82) is 0 Å². The molecule has 0 atom stereocenters. The molecule has 0 aliphatic rings. The van der Waals surface area contributed by atoms with Gasteiger partial charge in [-0.2, -0.15) is 0 Å². The molecule has 0 saturated heterocycles. The van der Waals surface area contributed by atoms with E-state index in [1.165, 1.54) is 16.3 Å². The molecular formula is C24H19N5S. The Bertz CT molecular complexity index is 1590. The number of rotatable bonds is 1. The lowest BCUT2D eigenvalue weighted by atomic mass is 9.82. The predicted molar refractivity (Wildman–Crippen MR) is 123 cm³/mol. The van der Waals surface area contributed by atoms with E-state index in [1.807, 2.05) is 16.7 Å². The Balaban J connectivity index is 1.69. The lowest BCUT2D eigenvalue weighted by Crippen LogP contribution is -2.12. The highest BCUT2D eigenvalue weighted by Crippen LogP contribution is 2.40. The normalized spacial score (nSPS) is 12.5. The minimum atomic E-state index is 0.0226. The first-order chi connectivity index (χ1) is 14.5. The Morgan fingerprint density at radius 3 is 2.67 bits per heavy atom. The van der Waals surface area contributed by atoms with Crippen molar-refractivity contribution in [1.82, 2.24) is 24.3 Å². The second-order valence-corrected chi connectivity index (χ2v) is 9.55. The molecule has 146 valence electrons. The van der Waals surface area contributed by atoms with Crippen molar-refractivity contribution in [3.05, 3.63) is 66.7 Å². The third-order valence-electron chi connectivity index (χ3n) is 5.53. The molecule has 0 bridgehead atoms. The highest BCUT2D eigenvalue weighted by atomic mass is 32.1. The van der Waals surface area contributed by atoms with E-state index in [1.54, 1.807) is 23.9 Å². The third kappa shape index (κ3) is 2.47. The van der Waals surface area contributed by atoms with Crippen LogP contribution in [-0.2, 0) is 5.41 Å². The third-order valence-corrected chi connectivity index (χ3v) is 6.70. The van der Waals surface area contributed by atoms with Crippen LogP contribution in [0.15, 0.2) is 61.2 Å². The number of aromatic nitrogens is 5. The average Bonchev–Trinajstić information content (AvgIpc) is 3.28. The average molecular weight is 410 g/mol. The smallest absolute Gasteiger partial charge is 0.235 e. The summed E-state index contributed by atoms with van der Waals surface area (Å²) in [6.45, 7) is 6.77. The fourth-order valence-corrected chi connectivity index (χ4v) is 5.31. The Labute approximate surface area is 177 Å². The Morgan fingerprint density at radius 2 is 1.80 bits per heavy atom. The molecule has 30 heavy (non-hydrogen) atoms. The fourth-order valence-electron chi connectivity index (χ4n) is 4.13. The topological polar surface area (TPSA) is 56.0 Å². The number of imidazole rings is 1. The quantitative estimate of drug-likeness (QED) is 0.334. The number of hydrogen-bond donors (Lipinski definition) is 0. The number of hydrogen-bond acceptors (Lipinski definition) is 5. The summed E-state index contributed by atoms with van der Waals surface area (Å²) in [5.41, 5.74) is 5.18. The van der Waals surface area contributed by atoms with Crippen LogP contribution < -0.4 is 0 Å². The SMILES string of the molecule is CC(C)(C)c1cc(-c2ncnc3c2sc2c3nc3ncccn32)cc2ccccc12. The van der Waals surface area contributed by atoms with Gasteiger partial charge in [-0.3, -0.25) is 4.40 Å². The molecule has 0 aliphatic heterocycles. The van der Waals surface area contributed by atoms with Crippen molar-refractivity contribution in [3.63, 3.8) is 0 Å². The van der Waals surface area contributed by atoms with Gasteiger partial charge in [-0.15, -0.1) is 11.3 Å². The van der Waals surface area contributed by atoms with Gasteiger partial charge in [0, 0.05) is 18.0 Å². The lowest BCUT2D eigenvalue weighted by Gasteiger charge is -2.22. The summed E-state index contributed by atoms with van der Waals surface area (Å²) in [5.74, 6) is 0.696. The van der Waals surface area contributed by atoms with Crippen molar-refractivity contribution >= 4 is 48.5 Å². The van der Waals surface area contributed by atoms with Gasteiger partial charge in [-0.25, -0.2) is 19.9 Å². The largest absolute Gasteiger partial charge is 0.275 e. The highest BCUT2D eigenvalue weighted by molar-refractivity contribution is 7.25. The van der Waals surface area contributed by atoms with Gasteiger partial charge in [0.1, 0.15) is 22.2 Å². The monoisotopic (exact) mass is 409 g/mol. The maximum absolute atomic E-state index is 4.72. The van der Waals surface area contributed by atoms with Crippen LogP contribution in [0.5, 0.6) is 0 Å². The summed E-state index contributed by atoms with van der Waals surface area (Å²) in [4.78, 5) is 19.4. The van der Waals surface area contributed by atoms with Crippen LogP contribution in [0, 0.1) is 0 Å². The van der Waals surface area contributed by atoms with Crippen LogP contribution in [0.2, 0.25) is 0 Å². The van der Waals surface area contributed by atoms with Crippen LogP contribution >= 0.6 is 11.3 Å². The van der Waals surface area contributed by atoms with E-state index >= 15 is 0 Å². The van der Waals surface area contributed by atoms with Crippen molar-refractivity contribution in [2.75, 3.05) is 0 Å². The molecule has 0 radical (unpaired) electrons. The van der Waals surface area contributed by atoms with E-state index in [-0.39, 0.29) is 5.41 Å². The van der Waals surface area contributed by atoms with E-state index in [0.29, 0.717) is 5.78 Å². The van der Waals surface area contributed by atoms with Crippen molar-refractivity contribution in [3.8, 4) is 11.3 Å². The number of fused-ring (bicyclic) bond motifs is 6. The summed E-state index contributed by atoms with van der Waals surface area (Å²) in [7, 11) is 0. The van der Waals surface area contributed by atoms with E-state index in [4.69, 9.17) is 9.97 Å². The molecule has 6 aromatic rings. The second kappa shape index (κ2) is 6.06. The van der Waals surface area contributed by atoms with Gasteiger partial charge in [0.15, 0.2) is 0 Å². The Hall–Kier alpha value is -3.38. The zero-order valence-electron chi connectivity index (χ0n) is 16.9. The van der Waals surface area contributed by atoms with E-state index < -0.39 is 0 Å². The van der Waals surface area contributed by atoms with Gasteiger partial charge in [0.25, 0.3) is 0 Å². The minimum absolute atomic E-state index is 0.0226. The van der Waals surface area contributed by atoms with Crippen LogP contribution in [0.1, 0.15) is 26.3 Å². The van der Waals surface area contributed by atoms with Gasteiger partial charge >= 0.3 is 0 Å². The van der Waals surface area contributed by atoms with Crippen LogP contribution in [-0.4, -0.2) is 24.3 Å². The van der Waals surface area contributed by atoms with Crippen molar-refractivity contribution in [2.45, 2.75) is 26.2 Å². The molecule has 6 rings (SSSR count). The zero-order chi connectivity index (χ0) is 20.5. The summed E-state index contributed by atoms with van der Waals surface area (Å²) in [6, 6.07) is 15.0. The highest BCUT2D eigenvalue weighted by Gasteiger charge is 2.21. The zero-order valence-corrected chi connectivity index (χ0v) is 17.7. The first-order valence-corrected chi connectivity index (χ1v) is 10.7. The Kier molecular flexibility index (Phi) is 3.53. The molecule has 0 aliphatic carbocycles. The van der Waals surface area contributed by atoms with Crippen LogP contribution in [0.3, 0.4) is 0 Å². The maximum atomic E-state index is 4.72. The van der Waals surface area contributed by atoms with Gasteiger partial charge in [0.05, 0.1) is 10.4 Å². The molecule has 0 amide bonds. The van der Waals surface area contributed by atoms with Gasteiger partial charge < -0.3 is 0 Å². The summed E-state index contributed by atoms with van der Waals surface area (Å²) in [5, 5.41) is 2.52. The van der Waals surface area contributed by atoms with Crippen LogP contribution in [0.25, 0.3) is 48.4 Å². The van der Waals surface area contributed by atoms with Gasteiger partial charge in [-0.05, 0) is 39.9 Å². The minimum Gasteiger partial charge on any atom is -0.275 e. The number of thiophene rings is 1. The molecule has 4 aromatic heterocycles. The first kappa shape index (κ1) is 17.5. The lowest BCUT2D eigenvalue weighted by molar-refractivity contribution is 0.596. The van der Waals surface area contributed by atoms with Crippen molar-refractivity contribution in [2.24, 2.45) is 0 Å². The molecule has 2 aromatic carbocycles. The summed E-state index contributed by atoms with van der Waals surface area (Å²) in [6.07, 6.45) is 5.40. The standard InChI is InChI=1S/C24H19N5S/c1-24(2,3)17-12-15(11-14-7-4-5-8-16(14)17)18-21-19(27-13-26-18)20-22(30-21)29-10-6-9-25-23(29)28-20/h4-13H,1-3H3. The fraction of sp³-hybridized carbons (Fsp3) is 0.167. The predicted octanol–water partition coefficient (Wildman–Crippen LogP) is 6.00. The van der Waals surface area contributed by atoms with E-state index in [2.05, 4.69) is 67.1 Å². The van der Waals surface area contributed by atoms with Gasteiger partial charge in [0.2, 0.25) is 5.78 Å². The van der Waals surface area contributed by atoms with E-state index in [9.17, 15) is 0 Å². The number of nitrogens with zero attached hydrogens (tertiary/aromatic N) is 5. The molecule has 0 unspecified atom stereocenters. The summed E-state index contributed by atoms with van der Waals surface area (Å²) >= 11 is 1.67. The van der Waals surface area contributed by atoms with E-state index in [0.717, 1.165) is 31.8 Å². The second-order valence-electron chi connectivity index (χ2n) is 8.55. The maximum Gasteiger partial charge on any atom is 0.235 e. The van der Waals surface area contributed by atoms with Crippen LogP contribution in [0.4, 0.5) is 0 Å². The van der Waals surface area contributed by atoms with Gasteiger partial charge in [-0.1, -0.05) is 45.0 Å².